The van der Waals surface area contributed by atoms with Gasteiger partial charge in [0.25, 0.3) is 0 Å². The van der Waals surface area contributed by atoms with Gasteiger partial charge < -0.3 is 24.4 Å². The third kappa shape index (κ3) is 4.73. The first-order valence-corrected chi connectivity index (χ1v) is 8.51. The number of nitrogens with one attached hydrogen (secondary N) is 1. The van der Waals surface area contributed by atoms with Gasteiger partial charge in [-0.2, -0.15) is 0 Å². The van der Waals surface area contributed by atoms with Gasteiger partial charge in [0.15, 0.2) is 0 Å². The summed E-state index contributed by atoms with van der Waals surface area (Å²) in [7, 11) is 3.88. The van der Waals surface area contributed by atoms with Crippen LogP contribution in [-0.2, 0) is 13.1 Å². The standard InChI is InChI=1S/C18H25N5O2/c1-21-7-9-23(10-8-21)17-6-5-15(12-19-17)13-20-18(24)22(2)14-16-4-3-11-25-16/h3-6,11-12H,7-10,13-14H2,1-2H3,(H,20,24). The van der Waals surface area contributed by atoms with Gasteiger partial charge in [0.2, 0.25) is 0 Å². The molecular formula is C18H25N5O2. The number of carbonyl (C=O) groups is 1. The number of hydrogen-bond acceptors (Lipinski definition) is 5. The van der Waals surface area contributed by atoms with Crippen molar-refractivity contribution in [2.75, 3.05) is 45.2 Å². The van der Waals surface area contributed by atoms with E-state index in [-0.39, 0.29) is 6.03 Å². The molecule has 0 aromatic carbocycles. The predicted molar refractivity (Wildman–Crippen MR) is 96.4 cm³/mol. The maximum absolute atomic E-state index is 12.1. The minimum Gasteiger partial charge on any atom is -0.467 e. The van der Waals surface area contributed by atoms with E-state index < -0.39 is 0 Å². The van der Waals surface area contributed by atoms with E-state index in [1.165, 1.54) is 0 Å². The molecule has 2 amide bonds. The molecule has 2 aromatic heterocycles. The van der Waals surface area contributed by atoms with Crippen LogP contribution in [0.5, 0.6) is 0 Å². The highest BCUT2D eigenvalue weighted by molar-refractivity contribution is 5.73. The van der Waals surface area contributed by atoms with Gasteiger partial charge in [-0.3, -0.25) is 0 Å². The van der Waals surface area contributed by atoms with Crippen LogP contribution < -0.4 is 10.2 Å². The smallest absolute Gasteiger partial charge is 0.317 e. The molecule has 0 saturated carbocycles. The summed E-state index contributed by atoms with van der Waals surface area (Å²) in [5.41, 5.74) is 0.984. The molecule has 0 bridgehead atoms. The van der Waals surface area contributed by atoms with Crippen LogP contribution in [0.25, 0.3) is 0 Å². The van der Waals surface area contributed by atoms with Crippen molar-refractivity contribution in [3.63, 3.8) is 0 Å². The molecule has 3 rings (SSSR count). The van der Waals surface area contributed by atoms with E-state index in [0.717, 1.165) is 43.3 Å². The van der Waals surface area contributed by atoms with Crippen LogP contribution in [0.1, 0.15) is 11.3 Å². The zero-order valence-corrected chi connectivity index (χ0v) is 14.8. The van der Waals surface area contributed by atoms with E-state index in [1.54, 1.807) is 18.2 Å². The van der Waals surface area contributed by atoms with E-state index in [9.17, 15) is 4.79 Å². The molecule has 1 saturated heterocycles. The second-order valence-electron chi connectivity index (χ2n) is 6.41. The SMILES string of the molecule is CN1CCN(c2ccc(CNC(=O)N(C)Cc3ccco3)cn2)CC1. The quantitative estimate of drug-likeness (QED) is 0.896. The molecule has 3 heterocycles. The number of furan rings is 1. The van der Waals surface area contributed by atoms with Gasteiger partial charge >= 0.3 is 6.03 Å². The Bertz CT molecular complexity index is 663. The Balaban J connectivity index is 1.47. The number of hydrogen-bond donors (Lipinski definition) is 1. The van der Waals surface area contributed by atoms with Gasteiger partial charge in [-0.05, 0) is 30.8 Å². The number of aromatic nitrogens is 1. The first kappa shape index (κ1) is 17.3. The average molecular weight is 343 g/mol. The Labute approximate surface area is 148 Å². The van der Waals surface area contributed by atoms with Crippen molar-refractivity contribution in [2.45, 2.75) is 13.1 Å². The number of pyridine rings is 1. The van der Waals surface area contributed by atoms with Crippen LogP contribution in [0, 0.1) is 0 Å². The second kappa shape index (κ2) is 8.02. The van der Waals surface area contributed by atoms with Gasteiger partial charge in [-0.25, -0.2) is 9.78 Å². The molecule has 134 valence electrons. The number of carbonyl (C=O) groups excluding carboxylic acids is 1. The monoisotopic (exact) mass is 343 g/mol. The summed E-state index contributed by atoms with van der Waals surface area (Å²) in [5, 5.41) is 2.90. The Morgan fingerprint density at radius 1 is 1.28 bits per heavy atom. The van der Waals surface area contributed by atoms with Crippen LogP contribution in [0.2, 0.25) is 0 Å². The zero-order chi connectivity index (χ0) is 17.6. The van der Waals surface area contributed by atoms with Crippen molar-refractivity contribution in [3.05, 3.63) is 48.0 Å². The molecule has 0 aliphatic carbocycles. The molecule has 0 spiro atoms. The molecule has 0 unspecified atom stereocenters. The first-order chi connectivity index (χ1) is 12.1. The molecule has 1 N–H and O–H groups in total. The first-order valence-electron chi connectivity index (χ1n) is 8.51. The summed E-state index contributed by atoms with van der Waals surface area (Å²) < 4.78 is 5.26. The average Bonchev–Trinajstić information content (AvgIpc) is 3.14. The van der Waals surface area contributed by atoms with Gasteiger partial charge in [-0.15, -0.1) is 0 Å². The number of urea groups is 1. The fourth-order valence-electron chi connectivity index (χ4n) is 2.76. The number of likely N-dealkylation sites (N-methyl/N-ethyl adjacent to an activating group) is 1. The topological polar surface area (TPSA) is 64.8 Å². The number of rotatable bonds is 5. The lowest BCUT2D eigenvalue weighted by atomic mass is 10.2. The van der Waals surface area contributed by atoms with E-state index in [2.05, 4.69) is 27.1 Å². The minimum absolute atomic E-state index is 0.139. The molecule has 2 aromatic rings. The highest BCUT2D eigenvalue weighted by Gasteiger charge is 2.15. The maximum Gasteiger partial charge on any atom is 0.317 e. The largest absolute Gasteiger partial charge is 0.467 e. The van der Waals surface area contributed by atoms with Crippen molar-refractivity contribution in [3.8, 4) is 0 Å². The fourth-order valence-corrected chi connectivity index (χ4v) is 2.76. The van der Waals surface area contributed by atoms with Crippen LogP contribution in [0.15, 0.2) is 41.1 Å². The maximum atomic E-state index is 12.1. The van der Waals surface area contributed by atoms with Gasteiger partial charge in [0.1, 0.15) is 11.6 Å². The number of piperazine rings is 1. The molecule has 1 aliphatic heterocycles. The van der Waals surface area contributed by atoms with Crippen LogP contribution in [0.3, 0.4) is 0 Å². The summed E-state index contributed by atoms with van der Waals surface area (Å²) in [5.74, 6) is 1.76. The third-order valence-corrected chi connectivity index (χ3v) is 4.40. The van der Waals surface area contributed by atoms with Crippen LogP contribution in [0.4, 0.5) is 10.6 Å². The Hall–Kier alpha value is -2.54. The molecule has 7 heteroatoms. The van der Waals surface area contributed by atoms with E-state index in [1.807, 2.05) is 30.5 Å². The summed E-state index contributed by atoms with van der Waals surface area (Å²) in [6.45, 7) is 5.01. The predicted octanol–water partition coefficient (Wildman–Crippen LogP) is 1.77. The lowest BCUT2D eigenvalue weighted by Crippen LogP contribution is -2.44. The Kier molecular flexibility index (Phi) is 5.55. The number of anilines is 1. The Morgan fingerprint density at radius 2 is 2.08 bits per heavy atom. The lowest BCUT2D eigenvalue weighted by molar-refractivity contribution is 0.202. The summed E-state index contributed by atoms with van der Waals surface area (Å²) in [4.78, 5) is 22.9. The number of nitrogens with zero attached hydrogens (tertiary/aromatic N) is 4. The van der Waals surface area contributed by atoms with Crippen LogP contribution in [-0.4, -0.2) is 61.1 Å². The highest BCUT2D eigenvalue weighted by Crippen LogP contribution is 2.13. The fraction of sp³-hybridized carbons (Fsp3) is 0.444. The normalized spacial score (nSPS) is 15.2. The van der Waals surface area contributed by atoms with Crippen molar-refractivity contribution in [2.24, 2.45) is 0 Å². The molecular weight excluding hydrogens is 318 g/mol. The zero-order valence-electron chi connectivity index (χ0n) is 14.8. The van der Waals surface area contributed by atoms with Crippen LogP contribution >= 0.6 is 0 Å². The molecule has 0 atom stereocenters. The lowest BCUT2D eigenvalue weighted by Gasteiger charge is -2.33. The molecule has 25 heavy (non-hydrogen) atoms. The molecule has 1 fully saturated rings. The molecule has 7 nitrogen and oxygen atoms in total. The highest BCUT2D eigenvalue weighted by atomic mass is 16.3. The number of amides is 2. The van der Waals surface area contributed by atoms with Crippen molar-refractivity contribution < 1.29 is 9.21 Å². The van der Waals surface area contributed by atoms with Crippen molar-refractivity contribution in [1.82, 2.24) is 20.1 Å². The second-order valence-corrected chi connectivity index (χ2v) is 6.41. The van der Waals surface area contributed by atoms with E-state index in [0.29, 0.717) is 13.1 Å². The molecule has 1 aliphatic rings. The van der Waals surface area contributed by atoms with Gasteiger partial charge in [0.05, 0.1) is 12.8 Å². The van der Waals surface area contributed by atoms with Gasteiger partial charge in [0, 0.05) is 46.0 Å². The van der Waals surface area contributed by atoms with Crippen molar-refractivity contribution >= 4 is 11.8 Å². The van der Waals surface area contributed by atoms with Crippen molar-refractivity contribution in [1.29, 1.82) is 0 Å². The summed E-state index contributed by atoms with van der Waals surface area (Å²) >= 11 is 0. The Morgan fingerprint density at radius 3 is 2.72 bits per heavy atom. The van der Waals surface area contributed by atoms with E-state index >= 15 is 0 Å². The minimum atomic E-state index is -0.139. The molecule has 0 radical (unpaired) electrons. The van der Waals surface area contributed by atoms with E-state index in [4.69, 9.17) is 4.42 Å². The third-order valence-electron chi connectivity index (χ3n) is 4.40. The summed E-state index contributed by atoms with van der Waals surface area (Å²) in [6.07, 6.45) is 3.44. The van der Waals surface area contributed by atoms with Gasteiger partial charge in [-0.1, -0.05) is 6.07 Å². The summed E-state index contributed by atoms with van der Waals surface area (Å²) in [6, 6.07) is 7.58.